The largest absolute Gasteiger partial charge is 0.495 e. The van der Waals surface area contributed by atoms with Crippen LogP contribution in [-0.2, 0) is 4.43 Å². The van der Waals surface area contributed by atoms with Gasteiger partial charge in [0.2, 0.25) is 0 Å². The van der Waals surface area contributed by atoms with Crippen molar-refractivity contribution in [1.82, 2.24) is 0 Å². The fraction of sp³-hybridized carbons (Fsp3) is 1.00. The molecule has 0 radical (unpaired) electrons. The first kappa shape index (κ1) is 9.45. The Labute approximate surface area is 61.4 Å². The van der Waals surface area contributed by atoms with Crippen molar-refractivity contribution < 1.29 is 14.0 Å². The van der Waals surface area contributed by atoms with Gasteiger partial charge in [0, 0.05) is 13.2 Å². The van der Waals surface area contributed by atoms with Crippen LogP contribution >= 0.6 is 12.6 Å². The fourth-order valence-electron chi connectivity index (χ4n) is 0.411. The molecule has 0 saturated carbocycles. The Kier molecular flexibility index (Phi) is 4.51. The molecule has 0 aliphatic heterocycles. The molecule has 56 valence electrons. The van der Waals surface area contributed by atoms with Crippen molar-refractivity contribution in [2.45, 2.75) is 12.5 Å². The summed E-state index contributed by atoms with van der Waals surface area (Å²) in [7, 11) is -1.94. The molecule has 2 N–H and O–H groups in total. The van der Waals surface area contributed by atoms with Crippen LogP contribution < -0.4 is 0 Å². The third kappa shape index (κ3) is 4.92. The van der Waals surface area contributed by atoms with Crippen LogP contribution in [0, 0.1) is 0 Å². The maximum Gasteiger partial charge on any atom is 0.495 e. The Bertz CT molecular complexity index is 78.2. The van der Waals surface area contributed by atoms with E-state index in [9.17, 15) is 0 Å². The minimum atomic E-state index is -3.25. The number of hydrogen-bond acceptors (Lipinski definition) is 4. The highest BCUT2D eigenvalue weighted by molar-refractivity contribution is 7.80. The molecule has 0 spiro atoms. The van der Waals surface area contributed by atoms with Crippen molar-refractivity contribution in [1.29, 1.82) is 0 Å². The van der Waals surface area contributed by atoms with Gasteiger partial charge >= 0.3 is 8.80 Å². The molecule has 3 nitrogen and oxygen atoms in total. The van der Waals surface area contributed by atoms with Gasteiger partial charge in [0.15, 0.2) is 0 Å². The van der Waals surface area contributed by atoms with E-state index < -0.39 is 8.80 Å². The summed E-state index contributed by atoms with van der Waals surface area (Å²) in [5, 5.41) is 0. The summed E-state index contributed by atoms with van der Waals surface area (Å²) in [6, 6.07) is 0.340. The quantitative estimate of drug-likeness (QED) is 0.405. The van der Waals surface area contributed by atoms with Crippen LogP contribution in [0.4, 0.5) is 0 Å². The lowest BCUT2D eigenvalue weighted by atomic mass is 10.6. The lowest BCUT2D eigenvalue weighted by Crippen LogP contribution is -2.37. The Balaban J connectivity index is 3.33. The molecule has 0 aromatic rings. The summed E-state index contributed by atoms with van der Waals surface area (Å²) in [5.74, 6) is 0.666. The highest BCUT2D eigenvalue weighted by atomic mass is 32.1. The van der Waals surface area contributed by atoms with Gasteiger partial charge in [-0.3, -0.25) is 0 Å². The van der Waals surface area contributed by atoms with Gasteiger partial charge in [0.25, 0.3) is 0 Å². The normalized spacial score (nSPS) is 12.0. The van der Waals surface area contributed by atoms with E-state index in [0.717, 1.165) is 0 Å². The summed E-state index contributed by atoms with van der Waals surface area (Å²) in [4.78, 5) is 17.8. The van der Waals surface area contributed by atoms with Crippen molar-refractivity contribution in [3.63, 3.8) is 0 Å². The van der Waals surface area contributed by atoms with E-state index >= 15 is 0 Å². The van der Waals surface area contributed by atoms with Crippen molar-refractivity contribution in [3.05, 3.63) is 0 Å². The monoisotopic (exact) mass is 168 g/mol. The molecule has 0 aromatic heterocycles. The van der Waals surface area contributed by atoms with Gasteiger partial charge in [-0.05, 0) is 12.2 Å². The average molecular weight is 168 g/mol. The molecule has 0 unspecified atom stereocenters. The summed E-state index contributed by atoms with van der Waals surface area (Å²) in [6.07, 6.45) is 0.691. The van der Waals surface area contributed by atoms with Gasteiger partial charge in [0.05, 0.1) is 0 Å². The fourth-order valence-corrected chi connectivity index (χ4v) is 1.71. The maximum atomic E-state index is 8.89. The van der Waals surface area contributed by atoms with Crippen LogP contribution in [0.2, 0.25) is 6.04 Å². The van der Waals surface area contributed by atoms with E-state index in [-0.39, 0.29) is 0 Å². The minimum Gasteiger partial charge on any atom is -0.390 e. The topological polar surface area (TPSA) is 49.7 Å². The Morgan fingerprint density at radius 3 is 2.44 bits per heavy atom. The van der Waals surface area contributed by atoms with Gasteiger partial charge < -0.3 is 14.0 Å². The van der Waals surface area contributed by atoms with Crippen LogP contribution in [0.25, 0.3) is 0 Å². The van der Waals surface area contributed by atoms with Crippen molar-refractivity contribution in [2.24, 2.45) is 0 Å². The molecule has 0 rings (SSSR count). The zero-order valence-corrected chi connectivity index (χ0v) is 7.27. The molecule has 0 aromatic carbocycles. The van der Waals surface area contributed by atoms with Crippen molar-refractivity contribution >= 4 is 21.4 Å². The van der Waals surface area contributed by atoms with Gasteiger partial charge in [-0.1, -0.05) is 0 Å². The van der Waals surface area contributed by atoms with E-state index in [0.29, 0.717) is 18.2 Å². The molecule has 0 saturated heterocycles. The maximum absolute atomic E-state index is 8.89. The lowest BCUT2D eigenvalue weighted by molar-refractivity contribution is 0.184. The molecular formula is C4H12O3SSi. The highest BCUT2D eigenvalue weighted by Gasteiger charge is 2.28. The highest BCUT2D eigenvalue weighted by Crippen LogP contribution is 2.05. The Morgan fingerprint density at radius 1 is 1.56 bits per heavy atom. The first-order chi connectivity index (χ1) is 4.12. The van der Waals surface area contributed by atoms with E-state index in [2.05, 4.69) is 17.1 Å². The van der Waals surface area contributed by atoms with E-state index in [4.69, 9.17) is 9.59 Å². The van der Waals surface area contributed by atoms with Crippen LogP contribution in [0.5, 0.6) is 0 Å². The van der Waals surface area contributed by atoms with Crippen LogP contribution in [-0.4, -0.2) is 31.3 Å². The van der Waals surface area contributed by atoms with E-state index in [1.807, 2.05) is 0 Å². The van der Waals surface area contributed by atoms with Crippen LogP contribution in [0.3, 0.4) is 0 Å². The molecule has 0 heterocycles. The third-order valence-electron chi connectivity index (χ3n) is 0.987. The lowest BCUT2D eigenvalue weighted by Gasteiger charge is -2.12. The molecule has 0 amide bonds. The average Bonchev–Trinajstić information content (AvgIpc) is 1.84. The molecule has 0 bridgehead atoms. The standard InChI is InChI=1S/C4H12O3SSi/c1-7-9(5,6)4-2-3-8/h5-6,8H,2-4H2,1H3. The predicted molar refractivity (Wildman–Crippen MR) is 40.5 cm³/mol. The summed E-state index contributed by atoms with van der Waals surface area (Å²) in [5.41, 5.74) is 0. The smallest absolute Gasteiger partial charge is 0.390 e. The van der Waals surface area contributed by atoms with E-state index in [1.54, 1.807) is 0 Å². The van der Waals surface area contributed by atoms with Gasteiger partial charge in [0.1, 0.15) is 0 Å². The van der Waals surface area contributed by atoms with E-state index in [1.165, 1.54) is 7.11 Å². The minimum absolute atomic E-state index is 0.340. The summed E-state index contributed by atoms with van der Waals surface area (Å²) < 4.78 is 4.46. The van der Waals surface area contributed by atoms with Gasteiger partial charge in [-0.15, -0.1) is 0 Å². The molecule has 5 heteroatoms. The Hall–Kier alpha value is 0.447. The molecule has 0 atom stereocenters. The second-order valence-electron chi connectivity index (χ2n) is 1.77. The number of rotatable bonds is 4. The van der Waals surface area contributed by atoms with Crippen molar-refractivity contribution in [2.75, 3.05) is 12.9 Å². The molecule has 9 heavy (non-hydrogen) atoms. The zero-order chi connectivity index (χ0) is 7.33. The van der Waals surface area contributed by atoms with Gasteiger partial charge in [-0.2, -0.15) is 12.6 Å². The van der Waals surface area contributed by atoms with Crippen molar-refractivity contribution in [3.8, 4) is 0 Å². The van der Waals surface area contributed by atoms with Crippen LogP contribution in [0.15, 0.2) is 0 Å². The summed E-state index contributed by atoms with van der Waals surface area (Å²) >= 11 is 3.92. The predicted octanol–water partition coefficient (Wildman–Crippen LogP) is -0.124. The number of thiol groups is 1. The SMILES string of the molecule is CO[Si](O)(O)CCCS. The summed E-state index contributed by atoms with van der Waals surface area (Å²) in [6.45, 7) is 0. The Morgan fingerprint density at radius 2 is 2.11 bits per heavy atom. The molecule has 0 fully saturated rings. The first-order valence-corrected chi connectivity index (χ1v) is 5.37. The first-order valence-electron chi connectivity index (χ1n) is 2.73. The second kappa shape index (κ2) is 4.29. The molecule has 0 aliphatic carbocycles. The molecular weight excluding hydrogens is 156 g/mol. The second-order valence-corrected chi connectivity index (χ2v) is 4.62. The molecule has 0 aliphatic rings. The number of hydrogen-bond donors (Lipinski definition) is 3. The van der Waals surface area contributed by atoms with Crippen LogP contribution in [0.1, 0.15) is 6.42 Å². The third-order valence-corrected chi connectivity index (χ3v) is 2.96. The zero-order valence-electron chi connectivity index (χ0n) is 5.37. The van der Waals surface area contributed by atoms with Gasteiger partial charge in [-0.25, -0.2) is 0 Å².